The van der Waals surface area contributed by atoms with Crippen molar-refractivity contribution < 1.29 is 118 Å². The summed E-state index contributed by atoms with van der Waals surface area (Å²) in [7, 11) is 0. The molecule has 40 nitrogen and oxygen atoms in total. The molecule has 1 fully saturated rings. The van der Waals surface area contributed by atoms with Gasteiger partial charge in [0.05, 0.1) is 32.7 Å². The topological polar surface area (TPSA) is 647 Å². The van der Waals surface area contributed by atoms with Crippen LogP contribution in [0.1, 0.15) is 123 Å². The zero-order valence-corrected chi connectivity index (χ0v) is 61.2. The maximum Gasteiger partial charge on any atom is 0.304 e. The van der Waals surface area contributed by atoms with Crippen LogP contribution in [0.4, 0.5) is 0 Å². The molecule has 0 aromatic heterocycles. The summed E-state index contributed by atoms with van der Waals surface area (Å²) in [4.78, 5) is 219. The highest BCUT2D eigenvalue weighted by atomic mass is 16.4. The van der Waals surface area contributed by atoms with E-state index in [1.165, 1.54) is 68.9 Å². The average molecular weight is 1540 g/mol. The number of aliphatic hydroxyl groups excluding tert-OH is 3. The van der Waals surface area contributed by atoms with E-state index in [2.05, 4.69) is 68.8 Å². The zero-order valence-electron chi connectivity index (χ0n) is 61.2. The number of phenolic OH excluding ortho intramolecular Hbond substituents is 2. The van der Waals surface area contributed by atoms with Crippen molar-refractivity contribution in [2.75, 3.05) is 32.9 Å². The lowest BCUT2D eigenvalue weighted by Crippen LogP contribution is -2.61. The Labute approximate surface area is 627 Å². The molecule has 12 atom stereocenters. The number of hydrogen-bond acceptors (Lipinski definition) is 22. The monoisotopic (exact) mass is 1540 g/mol. The Bertz CT molecular complexity index is 3500. The summed E-state index contributed by atoms with van der Waals surface area (Å²) in [6.45, 7) is 7.65. The van der Waals surface area contributed by atoms with E-state index in [1.807, 2.05) is 13.8 Å². The number of carboxylic acids is 3. The van der Waals surface area contributed by atoms with Crippen LogP contribution in [0, 0.1) is 24.8 Å². The van der Waals surface area contributed by atoms with Crippen molar-refractivity contribution in [2.45, 2.75) is 198 Å². The Hall–Kier alpha value is -11.3. The summed E-state index contributed by atoms with van der Waals surface area (Å²) in [5, 5.41) is 108. The van der Waals surface area contributed by atoms with E-state index >= 15 is 0 Å². The molecule has 1 saturated heterocycles. The molecule has 24 N–H and O–H groups in total. The van der Waals surface area contributed by atoms with Crippen molar-refractivity contribution in [2.24, 2.45) is 28.3 Å². The lowest BCUT2D eigenvalue weighted by Gasteiger charge is -2.30. The molecule has 0 unspecified atom stereocenters. The van der Waals surface area contributed by atoms with Gasteiger partial charge >= 0.3 is 17.9 Å². The summed E-state index contributed by atoms with van der Waals surface area (Å²) < 4.78 is 0. The molecule has 2 aromatic carbocycles. The van der Waals surface area contributed by atoms with Gasteiger partial charge in [0.2, 0.25) is 76.8 Å². The molecule has 0 bridgehead atoms. The van der Waals surface area contributed by atoms with E-state index in [0.717, 1.165) is 11.3 Å². The second-order valence-electron chi connectivity index (χ2n) is 26.6. The molecule has 0 spiro atoms. The van der Waals surface area contributed by atoms with Crippen LogP contribution in [0.25, 0.3) is 0 Å². The molecule has 1 aliphatic rings. The first-order valence-corrected chi connectivity index (χ1v) is 35.1. The quantitative estimate of drug-likeness (QED) is 0.0167. The number of nitrogens with one attached hydrogen (secondary N) is 12. The van der Waals surface area contributed by atoms with Crippen LogP contribution in [-0.2, 0) is 89.6 Å². The minimum Gasteiger partial charge on any atom is -0.508 e. The number of guanidine groups is 1. The third kappa shape index (κ3) is 33.6. The molecular weight excluding hydrogens is 1440 g/mol. The number of likely N-dealkylation sites (tertiary alicyclic amines) is 1. The van der Waals surface area contributed by atoms with Crippen LogP contribution >= 0.6 is 0 Å². The third-order valence-corrected chi connectivity index (χ3v) is 16.6. The molecule has 13 amide bonds. The number of carbonyl (C=O) groups excluding carboxylic acids is 13. The highest BCUT2D eigenvalue weighted by Crippen LogP contribution is 2.21. The van der Waals surface area contributed by atoms with Gasteiger partial charge < -0.3 is 121 Å². The number of benzene rings is 2. The van der Waals surface area contributed by atoms with Gasteiger partial charge in [0.15, 0.2) is 5.96 Å². The predicted octanol–water partition coefficient (Wildman–Crippen LogP) is -5.94. The highest BCUT2D eigenvalue weighted by molar-refractivity contribution is 6.00. The number of hydrogen-bond donors (Lipinski definition) is 22. The summed E-state index contributed by atoms with van der Waals surface area (Å²) in [5.41, 5.74) is 11.8. The van der Waals surface area contributed by atoms with Gasteiger partial charge in [0.1, 0.15) is 84.0 Å². The second-order valence-corrected chi connectivity index (χ2v) is 26.6. The highest BCUT2D eigenvalue weighted by Gasteiger charge is 2.41. The number of nitrogens with two attached hydrogens (primary N) is 2. The van der Waals surface area contributed by atoms with E-state index < -0.39 is 225 Å². The average Bonchev–Trinajstić information content (AvgIpc) is 1.69. The number of aromatic hydroxyl groups is 2. The third-order valence-electron chi connectivity index (χ3n) is 16.6. The largest absolute Gasteiger partial charge is 0.508 e. The summed E-state index contributed by atoms with van der Waals surface area (Å²) in [5.74, 6) is -18.9. The fraction of sp³-hybridized carbons (Fsp3) is 0.551. The fourth-order valence-corrected chi connectivity index (χ4v) is 10.7. The van der Waals surface area contributed by atoms with E-state index in [4.69, 9.17) is 16.6 Å². The van der Waals surface area contributed by atoms with Crippen molar-refractivity contribution in [1.29, 1.82) is 0 Å². The first-order chi connectivity index (χ1) is 51.4. The van der Waals surface area contributed by atoms with Gasteiger partial charge in [-0.25, -0.2) is 0 Å². The van der Waals surface area contributed by atoms with E-state index in [-0.39, 0.29) is 81.4 Å². The Kier molecular flexibility index (Phi) is 39.4. The van der Waals surface area contributed by atoms with Crippen molar-refractivity contribution in [1.82, 2.24) is 68.7 Å². The molecule has 2 aromatic rings. The van der Waals surface area contributed by atoms with Crippen LogP contribution in [0.3, 0.4) is 0 Å². The first kappa shape index (κ1) is 91.9. The Morgan fingerprint density at radius 3 is 1.35 bits per heavy atom. The number of aliphatic imine (C=N–C) groups is 1. The molecule has 0 aliphatic carbocycles. The SMILES string of the molecule is CC(C)C[CH]NC(=O)[C@H](CO)NC(=O)[C@H](C)NC(=O)[C@H](Cc1ccc(O)cc1)NC(=O)[C@H](Cc1ccc(O)cc1)NC(=O)[C@H](CCCN=C(N)N)NC(=O)[C@H](CO)NC(=O)[C@H](CC(C)C)NC(=O)[C@H](CCC(=O)O)NC(=O)[C@H](CCC(=O)O)NC(=O)[C@@H]1CCCN1C(=O)[C@H](CO)NC(=O)[C@H](C)NC(=O)[CH]CC(=O)O. The van der Waals surface area contributed by atoms with Crippen molar-refractivity contribution in [3.63, 3.8) is 0 Å². The number of carboxylic acid groups (broad SMARTS) is 3. The van der Waals surface area contributed by atoms with E-state index in [9.17, 15) is 112 Å². The van der Waals surface area contributed by atoms with Gasteiger partial charge in [-0.15, -0.1) is 0 Å². The smallest absolute Gasteiger partial charge is 0.304 e. The first-order valence-electron chi connectivity index (χ1n) is 35.1. The number of phenols is 2. The molecule has 40 heteroatoms. The summed E-state index contributed by atoms with van der Waals surface area (Å²) >= 11 is 0. The van der Waals surface area contributed by atoms with Crippen molar-refractivity contribution in [3.05, 3.63) is 72.6 Å². The van der Waals surface area contributed by atoms with Crippen LogP contribution in [0.2, 0.25) is 0 Å². The predicted molar refractivity (Wildman–Crippen MR) is 384 cm³/mol. The van der Waals surface area contributed by atoms with Gasteiger partial charge in [-0.05, 0) is 112 Å². The summed E-state index contributed by atoms with van der Waals surface area (Å²) in [6, 6.07) is -8.72. The molecular formula is C69H102N16O24. The lowest BCUT2D eigenvalue weighted by molar-refractivity contribution is -0.143. The maximum atomic E-state index is 14.7. The van der Waals surface area contributed by atoms with Crippen LogP contribution in [0.15, 0.2) is 53.5 Å². The molecule has 1 heterocycles. The minimum absolute atomic E-state index is 0.0588. The number of carbonyl (C=O) groups is 16. The normalized spacial score (nSPS) is 15.5. The van der Waals surface area contributed by atoms with Gasteiger partial charge in [-0.1, -0.05) is 52.0 Å². The summed E-state index contributed by atoms with van der Waals surface area (Å²) in [6.07, 6.45) is -3.60. The van der Waals surface area contributed by atoms with Gasteiger partial charge in [0, 0.05) is 45.3 Å². The number of aliphatic carboxylic acids is 3. The minimum atomic E-state index is -1.95. The number of amides is 13. The molecule has 3 rings (SSSR count). The van der Waals surface area contributed by atoms with Crippen molar-refractivity contribution in [3.8, 4) is 11.5 Å². The van der Waals surface area contributed by atoms with E-state index in [0.29, 0.717) is 17.5 Å². The zero-order chi connectivity index (χ0) is 81.8. The van der Waals surface area contributed by atoms with Gasteiger partial charge in [-0.2, -0.15) is 0 Å². The molecule has 0 saturated carbocycles. The number of aliphatic hydroxyl groups is 3. The molecule has 1 aliphatic heterocycles. The maximum absolute atomic E-state index is 14.7. The Balaban J connectivity index is 1.94. The number of nitrogens with zero attached hydrogens (tertiary/aromatic N) is 2. The molecule has 602 valence electrons. The van der Waals surface area contributed by atoms with Gasteiger partial charge in [-0.3, -0.25) is 81.7 Å². The van der Waals surface area contributed by atoms with Crippen molar-refractivity contribution >= 4 is 101 Å². The standard InChI is InChI=1S/C69H102N16O24/c1-35(2)25-27-72-59(100)49(32-86)82-58(99)38(6)75-63(104)47(30-39-11-15-41(89)16-12-39)81-65(106)48(31-40-13-17-42(90)18-14-40)80-60(101)43(9-7-26-73-69(70)71)76-66(107)50(33-87)83-64(105)46(29-36(3)4)79-62(103)44(19-22-54(92)93)77-61(102)45(20-23-55(94)95)78-67(108)52-10-8-28-85(52)68(109)51(34-88)84-57(98)37(5)74-53(91)21-24-56(96)97/h11-18,21,27,35-38,43-52,86-90H,7-10,19-20,22-26,28-34H2,1-6H3,(H,72,100)(H,74,91)(H,75,104)(H,76,107)(H,77,102)(H,78,108)(H,79,103)(H,80,101)(H,81,106)(H,82,99)(H,83,105)(H,84,98)(H,92,93)(H,94,95)(H,96,97)(H4,70,71,73)/t37-,38-,43-,44-,45-,46-,47-,48-,49-,50-,51-,52-/m0/s1. The van der Waals surface area contributed by atoms with Gasteiger partial charge in [0.25, 0.3) is 0 Å². The number of rotatable bonds is 48. The lowest BCUT2D eigenvalue weighted by atomic mass is 10.0. The fourth-order valence-electron chi connectivity index (χ4n) is 10.7. The molecule has 2 radical (unpaired) electrons. The Morgan fingerprint density at radius 2 is 0.881 bits per heavy atom. The Morgan fingerprint density at radius 1 is 0.477 bits per heavy atom. The second kappa shape index (κ2) is 46.7. The van der Waals surface area contributed by atoms with E-state index in [1.54, 1.807) is 13.8 Å². The van der Waals surface area contributed by atoms with Crippen LogP contribution in [-0.4, -0.2) is 252 Å². The molecule has 109 heavy (non-hydrogen) atoms. The van der Waals surface area contributed by atoms with Crippen LogP contribution < -0.4 is 75.3 Å². The van der Waals surface area contributed by atoms with Crippen LogP contribution in [0.5, 0.6) is 11.5 Å².